The lowest BCUT2D eigenvalue weighted by molar-refractivity contribution is -0.127. The number of thioether (sulfide) groups is 1. The maximum atomic E-state index is 14.4. The molecule has 0 N–H and O–H groups in total. The van der Waals surface area contributed by atoms with E-state index in [4.69, 9.17) is 0 Å². The van der Waals surface area contributed by atoms with E-state index in [0.29, 0.717) is 10.9 Å². The van der Waals surface area contributed by atoms with Gasteiger partial charge in [0.25, 0.3) is 5.56 Å². The Labute approximate surface area is 154 Å². The van der Waals surface area contributed by atoms with Crippen LogP contribution >= 0.6 is 11.8 Å². The fraction of sp³-hybridized carbons (Fsp3) is 0.211. The van der Waals surface area contributed by atoms with Crippen molar-refractivity contribution in [1.29, 1.82) is 0 Å². The molecule has 134 valence electrons. The number of aromatic nitrogens is 2. The molecule has 3 rings (SSSR count). The summed E-state index contributed by atoms with van der Waals surface area (Å²) in [6.07, 6.45) is 0. The normalized spacial score (nSPS) is 12.2. The molecule has 0 aliphatic rings. The molecule has 5 nitrogen and oxygen atoms in total. The van der Waals surface area contributed by atoms with E-state index < -0.39 is 11.1 Å². The van der Waals surface area contributed by atoms with Gasteiger partial charge in [0.15, 0.2) is 5.16 Å². The second kappa shape index (κ2) is 7.29. The highest BCUT2D eigenvalue weighted by Gasteiger charge is 2.22. The van der Waals surface area contributed by atoms with Crippen LogP contribution in [0.25, 0.3) is 16.6 Å². The van der Waals surface area contributed by atoms with Crippen molar-refractivity contribution >= 4 is 28.6 Å². The number of rotatable bonds is 4. The molecule has 1 aromatic heterocycles. The Morgan fingerprint density at radius 1 is 1.15 bits per heavy atom. The highest BCUT2D eigenvalue weighted by molar-refractivity contribution is 8.00. The molecule has 1 unspecified atom stereocenters. The summed E-state index contributed by atoms with van der Waals surface area (Å²) in [6, 6.07) is 12.9. The maximum Gasteiger partial charge on any atom is 0.266 e. The third-order valence-corrected chi connectivity index (χ3v) is 4.95. The zero-order valence-corrected chi connectivity index (χ0v) is 15.5. The topological polar surface area (TPSA) is 55.2 Å². The van der Waals surface area contributed by atoms with Crippen LogP contribution in [0.4, 0.5) is 4.39 Å². The number of halogens is 1. The second-order valence-corrected chi connectivity index (χ2v) is 7.30. The molecule has 0 aliphatic heterocycles. The lowest BCUT2D eigenvalue weighted by atomic mass is 10.2. The number of hydrogen-bond acceptors (Lipinski definition) is 4. The molecule has 0 bridgehead atoms. The fourth-order valence-electron chi connectivity index (χ4n) is 2.61. The van der Waals surface area contributed by atoms with E-state index in [9.17, 15) is 14.0 Å². The Balaban J connectivity index is 2.24. The summed E-state index contributed by atoms with van der Waals surface area (Å²) in [4.78, 5) is 31.3. The van der Waals surface area contributed by atoms with Crippen molar-refractivity contribution < 1.29 is 9.18 Å². The Morgan fingerprint density at radius 2 is 1.81 bits per heavy atom. The Kier molecular flexibility index (Phi) is 5.08. The van der Waals surface area contributed by atoms with Crippen LogP contribution in [-0.2, 0) is 4.79 Å². The molecule has 7 heteroatoms. The minimum absolute atomic E-state index is 0.113. The van der Waals surface area contributed by atoms with Crippen molar-refractivity contribution in [1.82, 2.24) is 14.5 Å². The van der Waals surface area contributed by atoms with Gasteiger partial charge in [-0.25, -0.2) is 9.37 Å². The van der Waals surface area contributed by atoms with Gasteiger partial charge in [0.2, 0.25) is 5.91 Å². The van der Waals surface area contributed by atoms with E-state index in [2.05, 4.69) is 4.98 Å². The fourth-order valence-corrected chi connectivity index (χ4v) is 3.67. The summed E-state index contributed by atoms with van der Waals surface area (Å²) in [5, 5.41) is 0.198. The maximum absolute atomic E-state index is 14.4. The summed E-state index contributed by atoms with van der Waals surface area (Å²) in [5.74, 6) is -0.641. The van der Waals surface area contributed by atoms with Crippen LogP contribution in [0.3, 0.4) is 0 Å². The molecule has 0 saturated carbocycles. The molecular weight excluding hydrogens is 353 g/mol. The van der Waals surface area contributed by atoms with Crippen molar-refractivity contribution in [3.05, 3.63) is 64.7 Å². The van der Waals surface area contributed by atoms with Crippen LogP contribution in [0.1, 0.15) is 6.92 Å². The van der Waals surface area contributed by atoms with E-state index in [1.165, 1.54) is 21.6 Å². The third-order valence-electron chi connectivity index (χ3n) is 3.91. The second-order valence-electron chi connectivity index (χ2n) is 6.00. The monoisotopic (exact) mass is 371 g/mol. The smallest absolute Gasteiger partial charge is 0.266 e. The lowest BCUT2D eigenvalue weighted by Gasteiger charge is -2.19. The van der Waals surface area contributed by atoms with Crippen molar-refractivity contribution in [2.45, 2.75) is 17.3 Å². The van der Waals surface area contributed by atoms with Crippen LogP contribution in [-0.4, -0.2) is 39.7 Å². The summed E-state index contributed by atoms with van der Waals surface area (Å²) in [6.45, 7) is 1.74. The van der Waals surface area contributed by atoms with Crippen molar-refractivity contribution in [3.63, 3.8) is 0 Å². The molecule has 0 fully saturated rings. The molecular formula is C19H18FN3O2S. The van der Waals surface area contributed by atoms with Crippen LogP contribution in [0.2, 0.25) is 0 Å². The van der Waals surface area contributed by atoms with Gasteiger partial charge >= 0.3 is 0 Å². The van der Waals surface area contributed by atoms with Gasteiger partial charge in [-0.3, -0.25) is 14.2 Å². The van der Waals surface area contributed by atoms with E-state index in [0.717, 1.165) is 11.8 Å². The highest BCUT2D eigenvalue weighted by Crippen LogP contribution is 2.26. The van der Waals surface area contributed by atoms with E-state index in [1.807, 2.05) is 0 Å². The number of carbonyl (C=O) groups excluding carboxylic acids is 1. The van der Waals surface area contributed by atoms with Crippen molar-refractivity contribution in [2.24, 2.45) is 0 Å². The van der Waals surface area contributed by atoms with Gasteiger partial charge in [-0.1, -0.05) is 36.0 Å². The molecule has 2 aromatic carbocycles. The van der Waals surface area contributed by atoms with E-state index in [-0.39, 0.29) is 22.3 Å². The summed E-state index contributed by atoms with van der Waals surface area (Å²) < 4.78 is 15.6. The SMILES string of the molecule is CC(Sc1nc2ccccc2c(=O)n1-c1ccccc1F)C(=O)N(C)C. The summed E-state index contributed by atoms with van der Waals surface area (Å²) in [7, 11) is 3.33. The van der Waals surface area contributed by atoms with Gasteiger partial charge in [0.1, 0.15) is 5.82 Å². The number of benzene rings is 2. The number of carbonyl (C=O) groups is 1. The molecule has 1 heterocycles. The first-order chi connectivity index (χ1) is 12.4. The quantitative estimate of drug-likeness (QED) is 0.522. The first kappa shape index (κ1) is 18.1. The Morgan fingerprint density at radius 3 is 2.50 bits per heavy atom. The number of amides is 1. The van der Waals surface area contributed by atoms with Crippen LogP contribution < -0.4 is 5.56 Å². The number of fused-ring (bicyclic) bond motifs is 1. The largest absolute Gasteiger partial charge is 0.348 e. The van der Waals surface area contributed by atoms with E-state index >= 15 is 0 Å². The van der Waals surface area contributed by atoms with Crippen LogP contribution in [0, 0.1) is 5.82 Å². The van der Waals surface area contributed by atoms with Gasteiger partial charge < -0.3 is 4.90 Å². The van der Waals surface area contributed by atoms with Gasteiger partial charge in [-0.2, -0.15) is 0 Å². The van der Waals surface area contributed by atoms with Gasteiger partial charge in [0, 0.05) is 14.1 Å². The predicted octanol–water partition coefficient (Wildman–Crippen LogP) is 3.09. The van der Waals surface area contributed by atoms with Crippen molar-refractivity contribution in [3.8, 4) is 5.69 Å². The standard InChI is InChI=1S/C19H18FN3O2S/c1-12(17(24)22(2)3)26-19-21-15-10-6-4-8-13(15)18(25)23(19)16-11-7-5-9-14(16)20/h4-12H,1-3H3. The molecule has 0 aliphatic carbocycles. The zero-order valence-electron chi connectivity index (χ0n) is 14.6. The van der Waals surface area contributed by atoms with Gasteiger partial charge in [-0.15, -0.1) is 0 Å². The third kappa shape index (κ3) is 3.35. The molecule has 0 spiro atoms. The first-order valence-corrected chi connectivity index (χ1v) is 8.92. The van der Waals surface area contributed by atoms with Crippen LogP contribution in [0.5, 0.6) is 0 Å². The predicted molar refractivity (Wildman–Crippen MR) is 101 cm³/mol. The average molecular weight is 371 g/mol. The molecule has 26 heavy (non-hydrogen) atoms. The van der Waals surface area contributed by atoms with E-state index in [1.54, 1.807) is 57.4 Å². The minimum atomic E-state index is -0.528. The van der Waals surface area contributed by atoms with Gasteiger partial charge in [0.05, 0.1) is 21.8 Å². The number of para-hydroxylation sites is 2. The Bertz CT molecular complexity index is 1030. The van der Waals surface area contributed by atoms with Crippen molar-refractivity contribution in [2.75, 3.05) is 14.1 Å². The van der Waals surface area contributed by atoms with Crippen LogP contribution in [0.15, 0.2) is 58.5 Å². The van der Waals surface area contributed by atoms with Gasteiger partial charge in [-0.05, 0) is 31.2 Å². The first-order valence-electron chi connectivity index (χ1n) is 8.04. The summed E-state index contributed by atoms with van der Waals surface area (Å²) >= 11 is 1.13. The molecule has 3 aromatic rings. The molecule has 0 radical (unpaired) electrons. The zero-order chi connectivity index (χ0) is 18.8. The number of nitrogens with zero attached hydrogens (tertiary/aromatic N) is 3. The molecule has 0 saturated heterocycles. The highest BCUT2D eigenvalue weighted by atomic mass is 32.2. The summed E-state index contributed by atoms with van der Waals surface area (Å²) in [5.41, 5.74) is 0.257. The molecule has 1 amide bonds. The lowest BCUT2D eigenvalue weighted by Crippen LogP contribution is -2.31. The minimum Gasteiger partial charge on any atom is -0.348 e. The molecule has 1 atom stereocenters. The number of hydrogen-bond donors (Lipinski definition) is 0. The Hall–Kier alpha value is -2.67. The average Bonchev–Trinajstić information content (AvgIpc) is 2.62.